The van der Waals surface area contributed by atoms with Crippen molar-refractivity contribution in [3.05, 3.63) is 0 Å². The highest BCUT2D eigenvalue weighted by atomic mass is 32.2. The third-order valence-corrected chi connectivity index (χ3v) is 2.61. The van der Waals surface area contributed by atoms with E-state index in [2.05, 4.69) is 5.32 Å². The Hall–Kier alpha value is -0.420. The Kier molecular flexibility index (Phi) is 6.80. The minimum absolute atomic E-state index is 0.245. The summed E-state index contributed by atoms with van der Waals surface area (Å²) in [6.07, 6.45) is 3.18. The van der Waals surface area contributed by atoms with Crippen LogP contribution in [0.25, 0.3) is 0 Å². The topological polar surface area (TPSA) is 72.2 Å². The number of rotatable bonds is 7. The summed E-state index contributed by atoms with van der Waals surface area (Å²) in [6.45, 7) is 2.60. The number of amides is 1. The lowest BCUT2D eigenvalue weighted by Gasteiger charge is -2.12. The number of carbonyl (C=O) groups excluding carboxylic acids is 1. The third kappa shape index (κ3) is 6.72. The molecule has 0 aromatic carbocycles. The summed E-state index contributed by atoms with van der Waals surface area (Å²) in [4.78, 5) is 10.8. The number of primary amides is 1. The van der Waals surface area contributed by atoms with Crippen LogP contribution in [-0.4, -0.2) is 34.7 Å². The summed E-state index contributed by atoms with van der Waals surface area (Å²) in [5.74, 6) is 0.350. The van der Waals surface area contributed by atoms with Crippen molar-refractivity contribution in [2.24, 2.45) is 5.73 Å². The minimum Gasteiger partial charge on any atom is -0.368 e. The molecule has 78 valence electrons. The molecule has 0 radical (unpaired) electrons. The van der Waals surface area contributed by atoms with E-state index in [0.29, 0.717) is 18.7 Å². The highest BCUT2D eigenvalue weighted by Crippen LogP contribution is 1.90. The fourth-order valence-corrected chi connectivity index (χ4v) is 1.55. The summed E-state index contributed by atoms with van der Waals surface area (Å²) in [5.41, 5.74) is 5.13. The van der Waals surface area contributed by atoms with E-state index in [1.165, 1.54) is 0 Å². The van der Waals surface area contributed by atoms with E-state index in [1.807, 2.05) is 6.92 Å². The Labute approximate surface area is 81.7 Å². The molecule has 2 atom stereocenters. The van der Waals surface area contributed by atoms with Gasteiger partial charge >= 0.3 is 0 Å². The normalized spacial score (nSPS) is 15.2. The molecule has 0 aromatic rings. The van der Waals surface area contributed by atoms with Gasteiger partial charge in [0.15, 0.2) is 0 Å². The second kappa shape index (κ2) is 7.03. The zero-order valence-corrected chi connectivity index (χ0v) is 9.02. The molecule has 0 spiro atoms. The van der Waals surface area contributed by atoms with Crippen LogP contribution < -0.4 is 11.1 Å². The number of nitrogens with one attached hydrogen (secondary N) is 1. The Morgan fingerprint density at radius 2 is 2.23 bits per heavy atom. The first-order valence-corrected chi connectivity index (χ1v) is 6.13. The Morgan fingerprint density at radius 3 is 2.62 bits per heavy atom. The summed E-state index contributed by atoms with van der Waals surface area (Å²) >= 11 is 0. The molecule has 0 aliphatic rings. The molecule has 0 bridgehead atoms. The molecule has 2 unspecified atom stereocenters. The quantitative estimate of drug-likeness (QED) is 0.557. The van der Waals surface area contributed by atoms with E-state index in [1.54, 1.807) is 6.26 Å². The van der Waals surface area contributed by atoms with Crippen LogP contribution >= 0.6 is 0 Å². The van der Waals surface area contributed by atoms with E-state index in [9.17, 15) is 9.00 Å². The molecular formula is C8H18N2O2S. The highest BCUT2D eigenvalue weighted by molar-refractivity contribution is 7.84. The summed E-state index contributed by atoms with van der Waals surface area (Å²) < 4.78 is 10.7. The second-order valence-corrected chi connectivity index (χ2v) is 4.50. The maximum atomic E-state index is 10.8. The monoisotopic (exact) mass is 206 g/mol. The molecular weight excluding hydrogens is 188 g/mol. The van der Waals surface area contributed by atoms with Gasteiger partial charge in [0.05, 0.1) is 6.04 Å². The average Bonchev–Trinajstić information content (AvgIpc) is 2.03. The van der Waals surface area contributed by atoms with Gasteiger partial charge in [0.1, 0.15) is 0 Å². The smallest absolute Gasteiger partial charge is 0.234 e. The molecule has 13 heavy (non-hydrogen) atoms. The standard InChI is InChI=1S/C8H18N2O2S/c1-3-7(8(9)11)10-5-4-6-13(2)12/h7,10H,3-6H2,1-2H3,(H2,9,11). The van der Waals surface area contributed by atoms with Gasteiger partial charge in [-0.2, -0.15) is 0 Å². The second-order valence-electron chi connectivity index (χ2n) is 2.95. The largest absolute Gasteiger partial charge is 0.368 e. The maximum absolute atomic E-state index is 10.8. The van der Waals surface area contributed by atoms with Crippen LogP contribution in [0.3, 0.4) is 0 Å². The molecule has 0 saturated heterocycles. The number of carbonyl (C=O) groups is 1. The van der Waals surface area contributed by atoms with Gasteiger partial charge in [-0.3, -0.25) is 9.00 Å². The summed E-state index contributed by atoms with van der Waals surface area (Å²) in [6, 6.07) is -0.245. The molecule has 1 amide bonds. The van der Waals surface area contributed by atoms with Crippen molar-refractivity contribution in [1.29, 1.82) is 0 Å². The number of nitrogens with two attached hydrogens (primary N) is 1. The molecule has 3 N–H and O–H groups in total. The predicted molar refractivity (Wildman–Crippen MR) is 54.8 cm³/mol. The SMILES string of the molecule is CCC(NCCCS(C)=O)C(N)=O. The van der Waals surface area contributed by atoms with Crippen LogP contribution in [0.1, 0.15) is 19.8 Å². The Balaban J connectivity index is 3.50. The van der Waals surface area contributed by atoms with Gasteiger partial charge < -0.3 is 11.1 Å². The van der Waals surface area contributed by atoms with E-state index in [-0.39, 0.29) is 11.9 Å². The average molecular weight is 206 g/mol. The van der Waals surface area contributed by atoms with Gasteiger partial charge in [-0.25, -0.2) is 0 Å². The van der Waals surface area contributed by atoms with Gasteiger partial charge in [-0.05, 0) is 19.4 Å². The van der Waals surface area contributed by atoms with Gasteiger partial charge in [-0.15, -0.1) is 0 Å². The summed E-state index contributed by atoms with van der Waals surface area (Å²) in [5, 5.41) is 3.02. The van der Waals surface area contributed by atoms with Crippen LogP contribution in [0.5, 0.6) is 0 Å². The van der Waals surface area contributed by atoms with Crippen molar-refractivity contribution in [1.82, 2.24) is 5.32 Å². The van der Waals surface area contributed by atoms with Gasteiger partial charge in [0.25, 0.3) is 0 Å². The molecule has 0 aliphatic heterocycles. The molecule has 0 rings (SSSR count). The van der Waals surface area contributed by atoms with Crippen LogP contribution in [-0.2, 0) is 15.6 Å². The van der Waals surface area contributed by atoms with Gasteiger partial charge in [0.2, 0.25) is 5.91 Å². The van der Waals surface area contributed by atoms with Crippen molar-refractivity contribution < 1.29 is 9.00 Å². The highest BCUT2D eigenvalue weighted by Gasteiger charge is 2.10. The molecule has 5 heteroatoms. The van der Waals surface area contributed by atoms with E-state index < -0.39 is 10.8 Å². The zero-order valence-electron chi connectivity index (χ0n) is 8.21. The molecule has 0 saturated carbocycles. The Bertz CT molecular complexity index is 185. The molecule has 4 nitrogen and oxygen atoms in total. The molecule has 0 heterocycles. The van der Waals surface area contributed by atoms with Gasteiger partial charge in [-0.1, -0.05) is 6.92 Å². The van der Waals surface area contributed by atoms with Crippen LogP contribution in [0.2, 0.25) is 0 Å². The minimum atomic E-state index is -0.749. The maximum Gasteiger partial charge on any atom is 0.234 e. The van der Waals surface area contributed by atoms with E-state index in [0.717, 1.165) is 6.42 Å². The fraction of sp³-hybridized carbons (Fsp3) is 0.875. The van der Waals surface area contributed by atoms with Crippen molar-refractivity contribution in [2.45, 2.75) is 25.8 Å². The molecule has 0 fully saturated rings. The third-order valence-electron chi connectivity index (χ3n) is 1.75. The lowest BCUT2D eigenvalue weighted by molar-refractivity contribution is -0.120. The van der Waals surface area contributed by atoms with E-state index >= 15 is 0 Å². The molecule has 0 aromatic heterocycles. The van der Waals surface area contributed by atoms with Crippen LogP contribution in [0.4, 0.5) is 0 Å². The first-order valence-electron chi connectivity index (χ1n) is 4.40. The van der Waals surface area contributed by atoms with E-state index in [4.69, 9.17) is 5.73 Å². The van der Waals surface area contributed by atoms with Gasteiger partial charge in [0, 0.05) is 22.8 Å². The first kappa shape index (κ1) is 12.6. The number of hydrogen-bond donors (Lipinski definition) is 2. The fourth-order valence-electron chi connectivity index (χ4n) is 0.998. The van der Waals surface area contributed by atoms with Crippen molar-refractivity contribution in [2.75, 3.05) is 18.6 Å². The predicted octanol–water partition coefficient (Wildman–Crippen LogP) is -0.391. The van der Waals surface area contributed by atoms with Crippen molar-refractivity contribution >= 4 is 16.7 Å². The van der Waals surface area contributed by atoms with Crippen molar-refractivity contribution in [3.63, 3.8) is 0 Å². The first-order chi connectivity index (χ1) is 6.07. The zero-order chi connectivity index (χ0) is 10.3. The molecule has 0 aliphatic carbocycles. The lowest BCUT2D eigenvalue weighted by atomic mass is 10.2. The Morgan fingerprint density at radius 1 is 1.62 bits per heavy atom. The summed E-state index contributed by atoms with van der Waals surface area (Å²) in [7, 11) is -0.749. The number of hydrogen-bond acceptors (Lipinski definition) is 3. The van der Waals surface area contributed by atoms with Crippen LogP contribution in [0.15, 0.2) is 0 Å². The van der Waals surface area contributed by atoms with Crippen LogP contribution in [0, 0.1) is 0 Å². The van der Waals surface area contributed by atoms with Crippen molar-refractivity contribution in [3.8, 4) is 0 Å². The lowest BCUT2D eigenvalue weighted by Crippen LogP contribution is -2.41.